The fourth-order valence-corrected chi connectivity index (χ4v) is 10.3. The maximum Gasteiger partial charge on any atom is 0.408 e. The predicted octanol–water partition coefficient (Wildman–Crippen LogP) is 13.9. The first-order chi connectivity index (χ1) is 57.9. The fraction of sp³-hybridized carbons (Fsp3) is 0.402. The molecule has 0 saturated heterocycles. The number of hydrogen-bond acceptors (Lipinski definition) is 26. The minimum absolute atomic E-state index is 0. The lowest BCUT2D eigenvalue weighted by Gasteiger charge is -2.23. The summed E-state index contributed by atoms with van der Waals surface area (Å²) in [6.45, 7) is 25.4. The number of alkyl carbamates (subject to hydrolysis) is 5. The highest BCUT2D eigenvalue weighted by Gasteiger charge is 2.31. The number of carbonyl (C=O) groups is 10. The van der Waals surface area contributed by atoms with E-state index in [1.54, 1.807) is 128 Å². The van der Waals surface area contributed by atoms with Crippen molar-refractivity contribution in [1.29, 1.82) is 0 Å². The van der Waals surface area contributed by atoms with E-state index in [9.17, 15) is 98.5 Å². The van der Waals surface area contributed by atoms with Gasteiger partial charge in [-0.1, -0.05) is 142 Å². The monoisotopic (exact) mass is 1900 g/mol. The molecule has 0 fully saturated rings. The normalized spacial score (nSPS) is 11.8. The van der Waals surface area contributed by atoms with Crippen molar-refractivity contribution in [3.63, 3.8) is 0 Å². The molecule has 41 nitrogen and oxygen atoms in total. The summed E-state index contributed by atoms with van der Waals surface area (Å²) >= 11 is 10.9. The second kappa shape index (κ2) is 54.1. The van der Waals surface area contributed by atoms with Gasteiger partial charge in [-0.05, 0) is 145 Å². The van der Waals surface area contributed by atoms with E-state index >= 15 is 0 Å². The zero-order chi connectivity index (χ0) is 95.5. The molecule has 0 spiro atoms. The van der Waals surface area contributed by atoms with Crippen LogP contribution in [0.25, 0.3) is 11.1 Å². The lowest BCUT2D eigenvalue weighted by molar-refractivity contribution is -0.385. The van der Waals surface area contributed by atoms with Gasteiger partial charge in [0.05, 0.1) is 47.4 Å². The van der Waals surface area contributed by atoms with Crippen LogP contribution in [-0.4, -0.2) is 185 Å². The van der Waals surface area contributed by atoms with E-state index in [4.69, 9.17) is 57.8 Å². The Labute approximate surface area is 747 Å². The van der Waals surface area contributed by atoms with Gasteiger partial charge in [-0.25, -0.2) is 28.8 Å². The summed E-state index contributed by atoms with van der Waals surface area (Å²) in [5, 5.41) is 74.6. The van der Waals surface area contributed by atoms with Gasteiger partial charge in [0, 0.05) is 85.5 Å². The number of aliphatic carboxylic acids is 1. The highest BCUT2D eigenvalue weighted by atomic mass is 79.9. The summed E-state index contributed by atoms with van der Waals surface area (Å²) in [5.74, 6) is -2.92. The number of hydrogen-bond donors (Lipinski definition) is 7. The molecule has 0 aliphatic rings. The number of thiocarbonyl (C=S) groups is 1. The zero-order valence-electron chi connectivity index (χ0n) is 70.8. The lowest BCUT2D eigenvalue weighted by Crippen LogP contribution is -2.45. The van der Waals surface area contributed by atoms with E-state index in [2.05, 4.69) is 68.0 Å². The number of carboxylic acids is 1. The third-order valence-electron chi connectivity index (χ3n) is 14.8. The van der Waals surface area contributed by atoms with Gasteiger partial charge in [0.15, 0.2) is 11.6 Å². The average molecular weight is 1910 g/mol. The van der Waals surface area contributed by atoms with E-state index in [1.807, 2.05) is 30.3 Å². The van der Waals surface area contributed by atoms with Crippen molar-refractivity contribution in [3.05, 3.63) is 247 Å². The Hall–Kier alpha value is -13.6. The third kappa shape index (κ3) is 49.5. The number of non-ortho nitro benzene ring substituents is 5. The Bertz CT molecular complexity index is 4590. The molecule has 5 amide bonds. The number of Topliss-reactive ketones (excluding diaryl/α,β-unsaturated/α-hetero) is 4. The quantitative estimate of drug-likeness (QED) is 0.00322. The van der Waals surface area contributed by atoms with Crippen LogP contribution in [-0.2, 0) is 79.8 Å². The molecule has 0 radical (unpaired) electrons. The minimum Gasteiger partial charge on any atom is -0.480 e. The highest BCUT2D eigenvalue weighted by molar-refractivity contribution is 9.09. The number of halogens is 2. The Morgan fingerprint density at radius 3 is 0.738 bits per heavy atom. The van der Waals surface area contributed by atoms with Gasteiger partial charge in [-0.3, -0.25) is 69.7 Å². The number of ketones is 4. The molecular formula is C82H103Br2N15O26S. The molecule has 0 unspecified atom stereocenters. The number of carbonyl (C=O) groups excluding carboxylic acids is 9. The summed E-state index contributed by atoms with van der Waals surface area (Å²) in [4.78, 5) is 174. The summed E-state index contributed by atoms with van der Waals surface area (Å²) in [6, 6.07) is 33.0. The number of ether oxygens (including phenoxy) is 5. The van der Waals surface area contributed by atoms with E-state index in [1.165, 1.54) is 97.1 Å². The summed E-state index contributed by atoms with van der Waals surface area (Å²) in [5.41, 5.74) is 22.5. The Kier molecular flexibility index (Phi) is 48.3. The number of alkyl halides is 2. The average Bonchev–Trinajstić information content (AvgIpc) is 0.879. The summed E-state index contributed by atoms with van der Waals surface area (Å²) in [6.07, 6.45) is -1.89. The lowest BCUT2D eigenvalue weighted by atomic mass is 10.0. The van der Waals surface area contributed by atoms with Crippen LogP contribution in [0, 0.1) is 50.6 Å². The first-order valence-electron chi connectivity index (χ1n) is 37.2. The molecule has 6 rings (SSSR count). The van der Waals surface area contributed by atoms with Crippen LogP contribution in [0.15, 0.2) is 152 Å². The number of benzene rings is 6. The Morgan fingerprint density at radius 2 is 0.571 bits per heavy atom. The number of rotatable bonds is 30. The van der Waals surface area contributed by atoms with Crippen molar-refractivity contribution in [2.75, 3.05) is 10.7 Å². The number of nitrogens with two attached hydrogens (primary N) is 1. The van der Waals surface area contributed by atoms with Crippen molar-refractivity contribution in [2.24, 2.45) is 5.73 Å². The van der Waals surface area contributed by atoms with Crippen LogP contribution in [0.2, 0.25) is 0 Å². The van der Waals surface area contributed by atoms with Crippen LogP contribution < -0.4 is 32.3 Å². The maximum absolute atomic E-state index is 12.0. The largest absolute Gasteiger partial charge is 0.480 e. The molecule has 0 aliphatic heterocycles. The molecule has 0 bridgehead atoms. The molecule has 0 aromatic heterocycles. The SMILES string of the molecule is C.CC(C)(C)OC(=O)N[C@@H](Cc1ccc([N+](=O)[O-])cc1)C(=O)C=[N+]=[N-].CC(C)(C)OC(=O)N[C@@H](Cc1ccc([N+](=O)[O-])cc1)C(=O)C=[N+]=[N-].CC(C)(C)OC(=O)N[C@@H](Cc1ccc([N+](=O)[O-])cc1)C(=O)CBr.CC(C)(C)OC(=O)N[C@@H](Cc1ccc([N+](=O)[O-])cc1)C(=O)CBr.CC(C)(C)OC(=O)N[C@@H](Cc1ccc([N+](=O)[O-])cc1)C(=O)O.NC(=S)c1ccccc1. The molecular weight excluding hydrogens is 1800 g/mol. The van der Waals surface area contributed by atoms with Crippen LogP contribution in [0.5, 0.6) is 0 Å². The van der Waals surface area contributed by atoms with E-state index in [-0.39, 0.29) is 90.2 Å². The van der Waals surface area contributed by atoms with Gasteiger partial charge in [0.2, 0.25) is 0 Å². The number of nitro benzene ring substituents is 5. The highest BCUT2D eigenvalue weighted by Crippen LogP contribution is 2.21. The maximum atomic E-state index is 12.0. The van der Waals surface area contributed by atoms with Crippen LogP contribution >= 0.6 is 44.1 Å². The van der Waals surface area contributed by atoms with Crippen molar-refractivity contribution < 1.29 is 111 Å². The summed E-state index contributed by atoms with van der Waals surface area (Å²) < 4.78 is 25.5. The molecule has 0 aliphatic carbocycles. The third-order valence-corrected chi connectivity index (χ3v) is 16.2. The van der Waals surface area contributed by atoms with Gasteiger partial charge < -0.3 is 72.2 Å². The van der Waals surface area contributed by atoms with E-state index < -0.39 is 131 Å². The van der Waals surface area contributed by atoms with Gasteiger partial charge in [-0.2, -0.15) is 9.58 Å². The Balaban J connectivity index is 0.00000151. The van der Waals surface area contributed by atoms with Crippen LogP contribution in [0.3, 0.4) is 0 Å². The fourth-order valence-electron chi connectivity index (χ4n) is 9.42. The van der Waals surface area contributed by atoms with Crippen LogP contribution in [0.1, 0.15) is 145 Å². The first kappa shape index (κ1) is 112. The summed E-state index contributed by atoms with van der Waals surface area (Å²) in [7, 11) is 0. The van der Waals surface area contributed by atoms with Crippen molar-refractivity contribution >= 4 is 150 Å². The Morgan fingerprint density at radius 1 is 0.381 bits per heavy atom. The van der Waals surface area contributed by atoms with E-state index in [0.717, 1.165) is 5.56 Å². The second-order valence-corrected chi connectivity index (χ2v) is 32.8. The van der Waals surface area contributed by atoms with Crippen molar-refractivity contribution in [1.82, 2.24) is 26.6 Å². The topological polar surface area (TPSA) is 612 Å². The molecule has 6 aromatic carbocycles. The predicted molar refractivity (Wildman–Crippen MR) is 473 cm³/mol. The smallest absolute Gasteiger partial charge is 0.408 e. The molecule has 5 atom stereocenters. The van der Waals surface area contributed by atoms with Gasteiger partial charge in [0.25, 0.3) is 40.0 Å². The number of carboxylic acid groups (broad SMARTS) is 1. The molecule has 6 aromatic rings. The van der Waals surface area contributed by atoms with Crippen molar-refractivity contribution in [3.8, 4) is 0 Å². The van der Waals surface area contributed by atoms with Crippen molar-refractivity contribution in [2.45, 2.75) is 202 Å². The number of nitrogens with one attached hydrogen (secondary N) is 5. The van der Waals surface area contributed by atoms with Gasteiger partial charge >= 0.3 is 48.9 Å². The number of nitrogens with zero attached hydrogens (tertiary/aromatic N) is 9. The number of amides is 5. The van der Waals surface area contributed by atoms with Gasteiger partial charge in [-0.15, -0.1) is 0 Å². The molecule has 682 valence electrons. The molecule has 44 heteroatoms. The standard InChI is InChI=1S/2C15H19BrN2O5.2C15H18N4O5.C14H18N2O6.C7H7NS.CH4/c2*1-15(2,3)23-14(20)17-12(13(19)9-16)8-10-4-6-11(7-5-10)18(21)22;2*1-15(2,3)24-14(21)18-12(13(20)9-17-16)8-10-4-6-11(7-5-10)19(22)23;1-14(2,3)22-13(19)15-11(12(17)18)8-9-4-6-10(7-5-9)16(20)21;8-7(9)6-4-2-1-3-5-6;/h2*4-7,12H,8-9H2,1-3H3,(H,17,20);2*4-7,9,12H,8H2,1-3H3,(H,18,21);4-7,11H,8H2,1-3H3,(H,15,19)(H,17,18);1-5H,(H2,8,9);1H4/t4*12-;11-;;/m00000../s1. The van der Waals surface area contributed by atoms with Gasteiger partial charge in [0.1, 0.15) is 51.1 Å². The van der Waals surface area contributed by atoms with E-state index in [0.29, 0.717) is 45.2 Å². The minimum atomic E-state index is -1.22. The van der Waals surface area contributed by atoms with Crippen LogP contribution in [0.4, 0.5) is 52.4 Å². The number of nitro groups is 5. The molecule has 126 heavy (non-hydrogen) atoms. The second-order valence-electron chi connectivity index (χ2n) is 31.2. The molecule has 0 saturated carbocycles. The first-order valence-corrected chi connectivity index (χ1v) is 39.8. The molecule has 8 N–H and O–H groups in total. The zero-order valence-corrected chi connectivity index (χ0v) is 74.8. The molecule has 0 heterocycles.